The third kappa shape index (κ3) is 2.97. The van der Waals surface area contributed by atoms with E-state index in [0.717, 1.165) is 27.8 Å². The van der Waals surface area contributed by atoms with Crippen LogP contribution in [-0.4, -0.2) is 26.8 Å². The van der Waals surface area contributed by atoms with Gasteiger partial charge in [-0.25, -0.2) is 19.0 Å². The van der Waals surface area contributed by atoms with Crippen LogP contribution in [0.25, 0.3) is 11.3 Å². The van der Waals surface area contributed by atoms with E-state index in [9.17, 15) is 9.50 Å². The molecule has 0 aliphatic heterocycles. The van der Waals surface area contributed by atoms with Gasteiger partial charge in [0.25, 0.3) is 0 Å². The van der Waals surface area contributed by atoms with Gasteiger partial charge in [0.05, 0.1) is 17.2 Å². The quantitative estimate of drug-likeness (QED) is 0.780. The van der Waals surface area contributed by atoms with Gasteiger partial charge in [-0.1, -0.05) is 18.3 Å². The lowest BCUT2D eigenvalue weighted by atomic mass is 10.1. The van der Waals surface area contributed by atoms with Crippen LogP contribution in [0.3, 0.4) is 0 Å². The lowest BCUT2D eigenvalue weighted by Crippen LogP contribution is -2.25. The summed E-state index contributed by atoms with van der Waals surface area (Å²) in [4.78, 5) is 9.68. The highest BCUT2D eigenvalue weighted by atomic mass is 32.1. The fraction of sp³-hybridized carbons (Fsp3) is 0.250. The second-order valence-electron chi connectivity index (χ2n) is 5.00. The molecule has 0 unspecified atom stereocenters. The molecule has 120 valence electrons. The van der Waals surface area contributed by atoms with Gasteiger partial charge in [-0.05, 0) is 24.3 Å². The normalized spacial score (nSPS) is 11.0. The molecule has 5 nitrogen and oxygen atoms in total. The van der Waals surface area contributed by atoms with Crippen molar-refractivity contribution in [1.82, 2.24) is 14.6 Å². The summed E-state index contributed by atoms with van der Waals surface area (Å²) in [6.07, 6.45) is 4.42. The average Bonchev–Trinajstić information content (AvgIpc) is 3.21. The number of aliphatic hydroxyl groups excluding tert-OH is 1. The molecule has 1 aromatic carbocycles. The van der Waals surface area contributed by atoms with Crippen molar-refractivity contribution in [3.63, 3.8) is 0 Å². The number of nitrogens with zero attached hydrogens (tertiary/aromatic N) is 4. The highest BCUT2D eigenvalue weighted by Gasteiger charge is 2.17. The van der Waals surface area contributed by atoms with E-state index in [1.807, 2.05) is 29.9 Å². The Bertz CT molecular complexity index is 797. The van der Waals surface area contributed by atoms with Gasteiger partial charge in [0.2, 0.25) is 5.13 Å². The average molecular weight is 332 g/mol. The molecule has 0 radical (unpaired) electrons. The first kappa shape index (κ1) is 15.6. The molecule has 2 aromatic heterocycles. The summed E-state index contributed by atoms with van der Waals surface area (Å²) >= 11 is 1.41. The van der Waals surface area contributed by atoms with Crippen molar-refractivity contribution in [1.29, 1.82) is 0 Å². The summed E-state index contributed by atoms with van der Waals surface area (Å²) < 4.78 is 15.0. The summed E-state index contributed by atoms with van der Waals surface area (Å²) in [6.45, 7) is 1.93. The molecule has 0 aliphatic carbocycles. The van der Waals surface area contributed by atoms with E-state index in [1.54, 1.807) is 18.3 Å². The van der Waals surface area contributed by atoms with Gasteiger partial charge in [0.15, 0.2) is 0 Å². The first-order valence-corrected chi connectivity index (χ1v) is 8.08. The third-order valence-electron chi connectivity index (χ3n) is 3.56. The smallest absolute Gasteiger partial charge is 0.205 e. The predicted octanol–water partition coefficient (Wildman–Crippen LogP) is 3.10. The highest BCUT2D eigenvalue weighted by Crippen LogP contribution is 2.33. The Labute approximate surface area is 137 Å². The van der Waals surface area contributed by atoms with E-state index in [-0.39, 0.29) is 12.4 Å². The number of hydrogen-bond acceptors (Lipinski definition) is 5. The lowest BCUT2D eigenvalue weighted by molar-refractivity contribution is 0.286. The summed E-state index contributed by atoms with van der Waals surface area (Å²) in [6, 6.07) is 6.12. The number of aliphatic hydroxyl groups is 1. The van der Waals surface area contributed by atoms with Gasteiger partial charge in [0.1, 0.15) is 11.6 Å². The van der Waals surface area contributed by atoms with Crippen molar-refractivity contribution in [3.05, 3.63) is 53.2 Å². The van der Waals surface area contributed by atoms with Crippen LogP contribution in [0.5, 0.6) is 0 Å². The SMILES string of the molecule is CCc1nccn1N(C)c1nc(-c2ccc(F)cc2)c(CO)s1. The molecule has 0 atom stereocenters. The molecule has 23 heavy (non-hydrogen) atoms. The molecule has 2 heterocycles. The van der Waals surface area contributed by atoms with E-state index in [4.69, 9.17) is 0 Å². The fourth-order valence-electron chi connectivity index (χ4n) is 2.36. The van der Waals surface area contributed by atoms with Crippen molar-refractivity contribution >= 4 is 16.5 Å². The Morgan fingerprint density at radius 1 is 1.30 bits per heavy atom. The number of hydrogen-bond donors (Lipinski definition) is 1. The van der Waals surface area contributed by atoms with Gasteiger partial charge >= 0.3 is 0 Å². The molecule has 0 spiro atoms. The Balaban J connectivity index is 2.00. The van der Waals surface area contributed by atoms with Crippen molar-refractivity contribution < 1.29 is 9.50 Å². The van der Waals surface area contributed by atoms with Crippen molar-refractivity contribution in [2.75, 3.05) is 12.1 Å². The molecule has 3 aromatic rings. The summed E-state index contributed by atoms with van der Waals surface area (Å²) in [7, 11) is 1.90. The number of thiazole rings is 1. The second kappa shape index (κ2) is 6.47. The number of halogens is 1. The number of aromatic nitrogens is 3. The molecule has 1 N–H and O–H groups in total. The number of anilines is 1. The maximum Gasteiger partial charge on any atom is 0.205 e. The first-order chi connectivity index (χ1) is 11.1. The van der Waals surface area contributed by atoms with Crippen LogP contribution >= 0.6 is 11.3 Å². The number of imidazole rings is 1. The predicted molar refractivity (Wildman–Crippen MR) is 88.8 cm³/mol. The molecule has 0 saturated heterocycles. The van der Waals surface area contributed by atoms with Crippen LogP contribution in [0.1, 0.15) is 17.6 Å². The minimum absolute atomic E-state index is 0.108. The maximum atomic E-state index is 13.1. The van der Waals surface area contributed by atoms with Crippen LogP contribution in [-0.2, 0) is 13.0 Å². The van der Waals surface area contributed by atoms with Crippen molar-refractivity contribution in [3.8, 4) is 11.3 Å². The second-order valence-corrected chi connectivity index (χ2v) is 6.06. The van der Waals surface area contributed by atoms with Crippen molar-refractivity contribution in [2.45, 2.75) is 20.0 Å². The van der Waals surface area contributed by atoms with Crippen molar-refractivity contribution in [2.24, 2.45) is 0 Å². The molecule has 7 heteroatoms. The molecule has 0 saturated carbocycles. The van der Waals surface area contributed by atoms with E-state index in [1.165, 1.54) is 23.5 Å². The lowest BCUT2D eigenvalue weighted by Gasteiger charge is -2.18. The van der Waals surface area contributed by atoms with E-state index in [2.05, 4.69) is 9.97 Å². The van der Waals surface area contributed by atoms with Crippen LogP contribution < -0.4 is 5.01 Å². The Hall–Kier alpha value is -2.25. The molecular weight excluding hydrogens is 315 g/mol. The van der Waals surface area contributed by atoms with Crippen LogP contribution in [0, 0.1) is 5.82 Å². The Morgan fingerprint density at radius 3 is 2.70 bits per heavy atom. The maximum absolute atomic E-state index is 13.1. The molecule has 0 aliphatic rings. The zero-order chi connectivity index (χ0) is 16.4. The standard InChI is InChI=1S/C16H17FN4OS/c1-3-14-18-8-9-21(14)20(2)16-19-15(13(10-22)23-16)11-4-6-12(17)7-5-11/h4-9,22H,3,10H2,1-2H3. The van der Waals surface area contributed by atoms with Gasteiger partial charge < -0.3 is 5.11 Å². The largest absolute Gasteiger partial charge is 0.391 e. The zero-order valence-corrected chi connectivity index (χ0v) is 13.7. The molecule has 0 amide bonds. The van der Waals surface area contributed by atoms with E-state index < -0.39 is 0 Å². The van der Waals surface area contributed by atoms with E-state index in [0.29, 0.717) is 5.69 Å². The summed E-state index contributed by atoms with van der Waals surface area (Å²) in [5, 5.41) is 12.2. The molecule has 0 bridgehead atoms. The fourth-order valence-corrected chi connectivity index (χ4v) is 3.27. The summed E-state index contributed by atoms with van der Waals surface area (Å²) in [5.74, 6) is 0.634. The van der Waals surface area contributed by atoms with Gasteiger partial charge in [-0.2, -0.15) is 0 Å². The zero-order valence-electron chi connectivity index (χ0n) is 12.9. The number of aryl methyl sites for hydroxylation is 1. The van der Waals surface area contributed by atoms with E-state index >= 15 is 0 Å². The number of benzene rings is 1. The Morgan fingerprint density at radius 2 is 2.04 bits per heavy atom. The minimum Gasteiger partial charge on any atom is -0.391 e. The van der Waals surface area contributed by atoms with Crippen LogP contribution in [0.4, 0.5) is 9.52 Å². The molecule has 3 rings (SSSR count). The first-order valence-electron chi connectivity index (χ1n) is 7.26. The van der Waals surface area contributed by atoms with Gasteiger partial charge in [-0.3, -0.25) is 5.01 Å². The van der Waals surface area contributed by atoms with Gasteiger partial charge in [0, 0.05) is 31.4 Å². The Kier molecular flexibility index (Phi) is 4.40. The summed E-state index contributed by atoms with van der Waals surface area (Å²) in [5.41, 5.74) is 1.46. The van der Waals surface area contributed by atoms with Crippen LogP contribution in [0.2, 0.25) is 0 Å². The van der Waals surface area contributed by atoms with Crippen LogP contribution in [0.15, 0.2) is 36.7 Å². The number of rotatable bonds is 5. The topological polar surface area (TPSA) is 54.2 Å². The molecular formula is C16H17FN4OS. The minimum atomic E-state index is -0.294. The highest BCUT2D eigenvalue weighted by molar-refractivity contribution is 7.16. The molecule has 0 fully saturated rings. The van der Waals surface area contributed by atoms with Gasteiger partial charge in [-0.15, -0.1) is 0 Å². The third-order valence-corrected chi connectivity index (χ3v) is 4.67. The monoisotopic (exact) mass is 332 g/mol.